The number of halogens is 1. The molecule has 0 fully saturated rings. The van der Waals surface area contributed by atoms with Gasteiger partial charge in [0.2, 0.25) is 0 Å². The number of anilines is 1. The first kappa shape index (κ1) is 13.0. The van der Waals surface area contributed by atoms with Crippen LogP contribution in [0.25, 0.3) is 0 Å². The van der Waals surface area contributed by atoms with Crippen molar-refractivity contribution in [3.63, 3.8) is 0 Å². The van der Waals surface area contributed by atoms with E-state index in [4.69, 9.17) is 0 Å². The lowest BCUT2D eigenvalue weighted by molar-refractivity contribution is 0.222. The SMILES string of the molecule is CCCCN(C)C(=O)Nc1cccc(Br)c1. The summed E-state index contributed by atoms with van der Waals surface area (Å²) in [6, 6.07) is 7.51. The maximum absolute atomic E-state index is 11.7. The Hall–Kier alpha value is -1.03. The molecule has 3 nitrogen and oxygen atoms in total. The first-order valence-corrected chi connectivity index (χ1v) is 6.20. The van der Waals surface area contributed by atoms with Crippen LogP contribution >= 0.6 is 15.9 Å². The van der Waals surface area contributed by atoms with E-state index in [-0.39, 0.29) is 6.03 Å². The molecule has 88 valence electrons. The molecule has 0 saturated heterocycles. The van der Waals surface area contributed by atoms with E-state index < -0.39 is 0 Å². The number of hydrogen-bond donors (Lipinski definition) is 1. The van der Waals surface area contributed by atoms with Crippen LogP contribution in [0, 0.1) is 0 Å². The number of urea groups is 1. The van der Waals surface area contributed by atoms with Gasteiger partial charge < -0.3 is 10.2 Å². The van der Waals surface area contributed by atoms with Gasteiger partial charge in [-0.2, -0.15) is 0 Å². The van der Waals surface area contributed by atoms with Crippen molar-refractivity contribution in [2.45, 2.75) is 19.8 Å². The number of rotatable bonds is 4. The maximum Gasteiger partial charge on any atom is 0.321 e. The summed E-state index contributed by atoms with van der Waals surface area (Å²) in [6.07, 6.45) is 2.12. The molecule has 0 heterocycles. The summed E-state index contributed by atoms with van der Waals surface area (Å²) in [6.45, 7) is 2.90. The first-order valence-electron chi connectivity index (χ1n) is 5.41. The summed E-state index contributed by atoms with van der Waals surface area (Å²) in [5.74, 6) is 0. The first-order chi connectivity index (χ1) is 7.63. The Morgan fingerprint density at radius 2 is 2.25 bits per heavy atom. The standard InChI is InChI=1S/C12H17BrN2O/c1-3-4-8-15(2)12(16)14-11-7-5-6-10(13)9-11/h5-7,9H,3-4,8H2,1-2H3,(H,14,16). The zero-order valence-corrected chi connectivity index (χ0v) is 11.3. The van der Waals surface area contributed by atoms with Gasteiger partial charge in [-0.15, -0.1) is 0 Å². The third-order valence-corrected chi connectivity index (χ3v) is 2.76. The Kier molecular flexibility index (Phi) is 5.32. The molecule has 0 saturated carbocycles. The van der Waals surface area contributed by atoms with E-state index >= 15 is 0 Å². The molecule has 0 atom stereocenters. The molecule has 1 N–H and O–H groups in total. The van der Waals surface area contributed by atoms with E-state index in [1.165, 1.54) is 0 Å². The van der Waals surface area contributed by atoms with Crippen molar-refractivity contribution < 1.29 is 4.79 Å². The zero-order chi connectivity index (χ0) is 12.0. The highest BCUT2D eigenvalue weighted by molar-refractivity contribution is 9.10. The lowest BCUT2D eigenvalue weighted by Gasteiger charge is -2.17. The van der Waals surface area contributed by atoms with Crippen LogP contribution in [0.5, 0.6) is 0 Å². The minimum absolute atomic E-state index is 0.0634. The molecule has 0 bridgehead atoms. The number of hydrogen-bond acceptors (Lipinski definition) is 1. The lowest BCUT2D eigenvalue weighted by Crippen LogP contribution is -2.32. The third kappa shape index (κ3) is 4.23. The predicted octanol–water partition coefficient (Wildman–Crippen LogP) is 3.71. The van der Waals surface area contributed by atoms with E-state index in [1.807, 2.05) is 31.3 Å². The minimum Gasteiger partial charge on any atom is -0.328 e. The van der Waals surface area contributed by atoms with Gasteiger partial charge in [0.25, 0.3) is 0 Å². The van der Waals surface area contributed by atoms with Gasteiger partial charge in [-0.05, 0) is 24.6 Å². The average Bonchev–Trinajstić information content (AvgIpc) is 2.25. The molecule has 0 aromatic heterocycles. The monoisotopic (exact) mass is 284 g/mol. The highest BCUT2D eigenvalue weighted by atomic mass is 79.9. The average molecular weight is 285 g/mol. The molecule has 0 spiro atoms. The van der Waals surface area contributed by atoms with Gasteiger partial charge in [0, 0.05) is 23.8 Å². The lowest BCUT2D eigenvalue weighted by atomic mass is 10.3. The second kappa shape index (κ2) is 6.53. The highest BCUT2D eigenvalue weighted by Crippen LogP contribution is 2.15. The van der Waals surface area contributed by atoms with Crippen LogP contribution < -0.4 is 5.32 Å². The normalized spacial score (nSPS) is 9.94. The molecule has 4 heteroatoms. The van der Waals surface area contributed by atoms with E-state index in [9.17, 15) is 4.79 Å². The minimum atomic E-state index is -0.0634. The molecule has 2 amide bonds. The zero-order valence-electron chi connectivity index (χ0n) is 9.66. The summed E-state index contributed by atoms with van der Waals surface area (Å²) in [7, 11) is 1.81. The van der Waals surface area contributed by atoms with Gasteiger partial charge in [0.1, 0.15) is 0 Å². The van der Waals surface area contributed by atoms with Crippen LogP contribution in [-0.4, -0.2) is 24.5 Å². The Balaban J connectivity index is 2.50. The smallest absolute Gasteiger partial charge is 0.321 e. The quantitative estimate of drug-likeness (QED) is 0.898. The van der Waals surface area contributed by atoms with Gasteiger partial charge in [-0.1, -0.05) is 35.3 Å². The van der Waals surface area contributed by atoms with Crippen LogP contribution in [0.15, 0.2) is 28.7 Å². The van der Waals surface area contributed by atoms with Crippen LogP contribution in [-0.2, 0) is 0 Å². The molecule has 0 aliphatic rings. The summed E-state index contributed by atoms with van der Waals surface area (Å²) in [4.78, 5) is 13.4. The van der Waals surface area contributed by atoms with Crippen LogP contribution in [0.1, 0.15) is 19.8 Å². The molecule has 0 aliphatic heterocycles. The van der Waals surface area contributed by atoms with E-state index in [0.29, 0.717) is 0 Å². The number of benzene rings is 1. The number of unbranched alkanes of at least 4 members (excludes halogenated alkanes) is 1. The second-order valence-electron chi connectivity index (χ2n) is 3.72. The van der Waals surface area contributed by atoms with Crippen molar-refractivity contribution in [3.05, 3.63) is 28.7 Å². The Morgan fingerprint density at radius 3 is 2.88 bits per heavy atom. The van der Waals surface area contributed by atoms with Gasteiger partial charge in [-0.3, -0.25) is 0 Å². The van der Waals surface area contributed by atoms with Gasteiger partial charge >= 0.3 is 6.03 Å². The molecular formula is C12H17BrN2O. The van der Waals surface area contributed by atoms with Gasteiger partial charge in [0.05, 0.1) is 0 Å². The number of carbonyl (C=O) groups is 1. The van der Waals surface area contributed by atoms with Crippen molar-refractivity contribution in [3.8, 4) is 0 Å². The number of carbonyl (C=O) groups excluding carboxylic acids is 1. The van der Waals surface area contributed by atoms with Crippen LogP contribution in [0.2, 0.25) is 0 Å². The number of nitrogens with one attached hydrogen (secondary N) is 1. The Labute approximate surface area is 105 Å². The third-order valence-electron chi connectivity index (χ3n) is 2.27. The van der Waals surface area contributed by atoms with Crippen LogP contribution in [0.3, 0.4) is 0 Å². The molecule has 0 unspecified atom stereocenters. The van der Waals surface area contributed by atoms with Gasteiger partial charge in [-0.25, -0.2) is 4.79 Å². The topological polar surface area (TPSA) is 32.3 Å². The van der Waals surface area contributed by atoms with Crippen LogP contribution in [0.4, 0.5) is 10.5 Å². The molecule has 1 aromatic rings. The Bertz CT molecular complexity index is 355. The fourth-order valence-electron chi connectivity index (χ4n) is 1.28. The molecule has 16 heavy (non-hydrogen) atoms. The molecule has 1 aromatic carbocycles. The predicted molar refractivity (Wildman–Crippen MR) is 70.7 cm³/mol. The second-order valence-corrected chi connectivity index (χ2v) is 4.63. The van der Waals surface area contributed by atoms with Crippen molar-refractivity contribution in [1.29, 1.82) is 0 Å². The number of nitrogens with zero attached hydrogens (tertiary/aromatic N) is 1. The molecule has 0 radical (unpaired) electrons. The van der Waals surface area contributed by atoms with Gasteiger partial charge in [0.15, 0.2) is 0 Å². The largest absolute Gasteiger partial charge is 0.328 e. The fourth-order valence-corrected chi connectivity index (χ4v) is 1.68. The van der Waals surface area contributed by atoms with E-state index in [2.05, 4.69) is 28.2 Å². The Morgan fingerprint density at radius 1 is 1.50 bits per heavy atom. The number of amides is 2. The van der Waals surface area contributed by atoms with Crippen molar-refractivity contribution in [2.24, 2.45) is 0 Å². The summed E-state index contributed by atoms with van der Waals surface area (Å²) >= 11 is 3.37. The van der Waals surface area contributed by atoms with E-state index in [0.717, 1.165) is 29.5 Å². The van der Waals surface area contributed by atoms with E-state index in [1.54, 1.807) is 4.90 Å². The van der Waals surface area contributed by atoms with Crippen molar-refractivity contribution in [1.82, 2.24) is 4.90 Å². The summed E-state index contributed by atoms with van der Waals surface area (Å²) in [5.41, 5.74) is 0.808. The molecule has 0 aliphatic carbocycles. The maximum atomic E-state index is 11.7. The van der Waals surface area contributed by atoms with Crippen molar-refractivity contribution in [2.75, 3.05) is 18.9 Å². The van der Waals surface area contributed by atoms with Crippen molar-refractivity contribution >= 4 is 27.6 Å². The highest BCUT2D eigenvalue weighted by Gasteiger charge is 2.07. The molecular weight excluding hydrogens is 268 g/mol. The summed E-state index contributed by atoms with van der Waals surface area (Å²) in [5, 5.41) is 2.85. The summed E-state index contributed by atoms with van der Waals surface area (Å²) < 4.78 is 0.960. The molecule has 1 rings (SSSR count). The fraction of sp³-hybridized carbons (Fsp3) is 0.417.